The highest BCUT2D eigenvalue weighted by Gasteiger charge is 2.26. The maximum absolute atomic E-state index is 13.3. The summed E-state index contributed by atoms with van der Waals surface area (Å²) in [4.78, 5) is 13.4. The fraction of sp³-hybridized carbons (Fsp3) is 0.467. The lowest BCUT2D eigenvalue weighted by Crippen LogP contribution is -2.30. The van der Waals surface area contributed by atoms with Crippen LogP contribution in [0.1, 0.15) is 37.3 Å². The fourth-order valence-electron chi connectivity index (χ4n) is 2.69. The van der Waals surface area contributed by atoms with Gasteiger partial charge in [0.25, 0.3) is 0 Å². The van der Waals surface area contributed by atoms with Crippen LogP contribution in [0.4, 0.5) is 4.39 Å². The molecule has 0 aliphatic carbocycles. The minimum atomic E-state index is -0.323. The van der Waals surface area contributed by atoms with E-state index in [1.165, 1.54) is 18.2 Å². The molecule has 1 saturated heterocycles. The van der Waals surface area contributed by atoms with Crippen molar-refractivity contribution in [1.29, 1.82) is 5.26 Å². The van der Waals surface area contributed by atoms with Crippen LogP contribution in [-0.4, -0.2) is 23.3 Å². The van der Waals surface area contributed by atoms with Crippen molar-refractivity contribution in [1.82, 2.24) is 4.90 Å². The molecule has 1 aliphatic heterocycles. The van der Waals surface area contributed by atoms with E-state index in [9.17, 15) is 9.18 Å². The van der Waals surface area contributed by atoms with Gasteiger partial charge < -0.3 is 0 Å². The summed E-state index contributed by atoms with van der Waals surface area (Å²) in [6, 6.07) is 6.56. The number of carbonyl (C=O) groups is 1. The molecule has 1 atom stereocenters. The van der Waals surface area contributed by atoms with E-state index < -0.39 is 0 Å². The second-order valence-electron chi connectivity index (χ2n) is 5.09. The van der Waals surface area contributed by atoms with Crippen LogP contribution in [0, 0.1) is 17.1 Å². The number of benzene rings is 1. The van der Waals surface area contributed by atoms with E-state index in [4.69, 9.17) is 5.26 Å². The highest BCUT2D eigenvalue weighted by Crippen LogP contribution is 2.24. The third-order valence-corrected chi connectivity index (χ3v) is 3.58. The molecule has 2 rings (SSSR count). The number of hydrogen-bond donors (Lipinski definition) is 0. The van der Waals surface area contributed by atoms with Gasteiger partial charge in [0.2, 0.25) is 0 Å². The van der Waals surface area contributed by atoms with Crippen LogP contribution in [0.5, 0.6) is 0 Å². The SMILES string of the molecule is CC(=O)CC1CCCN1Cc1cc(F)ccc1C#N. The summed E-state index contributed by atoms with van der Waals surface area (Å²) < 4.78 is 13.3. The second kappa shape index (κ2) is 5.94. The lowest BCUT2D eigenvalue weighted by atomic mass is 10.1. The molecule has 0 aromatic heterocycles. The fourth-order valence-corrected chi connectivity index (χ4v) is 2.69. The first-order valence-corrected chi connectivity index (χ1v) is 6.52. The van der Waals surface area contributed by atoms with Crippen molar-refractivity contribution in [2.75, 3.05) is 6.54 Å². The first-order chi connectivity index (χ1) is 9.10. The largest absolute Gasteiger partial charge is 0.300 e. The van der Waals surface area contributed by atoms with Crippen LogP contribution in [0.25, 0.3) is 0 Å². The first-order valence-electron chi connectivity index (χ1n) is 6.52. The third-order valence-electron chi connectivity index (χ3n) is 3.58. The van der Waals surface area contributed by atoms with Crippen molar-refractivity contribution in [3.8, 4) is 6.07 Å². The molecule has 0 spiro atoms. The van der Waals surface area contributed by atoms with Crippen molar-refractivity contribution in [2.45, 2.75) is 38.8 Å². The number of halogens is 1. The zero-order chi connectivity index (χ0) is 13.8. The quantitative estimate of drug-likeness (QED) is 0.836. The van der Waals surface area contributed by atoms with Gasteiger partial charge in [0.1, 0.15) is 11.6 Å². The Hall–Kier alpha value is -1.73. The van der Waals surface area contributed by atoms with Crippen LogP contribution in [-0.2, 0) is 11.3 Å². The molecule has 3 nitrogen and oxygen atoms in total. The van der Waals surface area contributed by atoms with Gasteiger partial charge in [0.05, 0.1) is 11.6 Å². The topological polar surface area (TPSA) is 44.1 Å². The Labute approximate surface area is 112 Å². The van der Waals surface area contributed by atoms with Crippen molar-refractivity contribution in [2.24, 2.45) is 0 Å². The summed E-state index contributed by atoms with van der Waals surface area (Å²) in [7, 11) is 0. The zero-order valence-electron chi connectivity index (χ0n) is 11.0. The van der Waals surface area contributed by atoms with E-state index >= 15 is 0 Å². The molecular weight excluding hydrogens is 243 g/mol. The van der Waals surface area contributed by atoms with Crippen LogP contribution >= 0.6 is 0 Å². The van der Waals surface area contributed by atoms with Gasteiger partial charge in [-0.3, -0.25) is 9.69 Å². The predicted octanol–water partition coefficient (Wildman–Crippen LogP) is 2.64. The number of nitrogens with zero attached hydrogens (tertiary/aromatic N) is 2. The highest BCUT2D eigenvalue weighted by molar-refractivity contribution is 5.76. The Morgan fingerprint density at radius 3 is 3.05 bits per heavy atom. The second-order valence-corrected chi connectivity index (χ2v) is 5.09. The number of likely N-dealkylation sites (tertiary alicyclic amines) is 1. The van der Waals surface area contributed by atoms with Gasteiger partial charge in [0, 0.05) is 19.0 Å². The summed E-state index contributed by atoms with van der Waals surface area (Å²) in [6.07, 6.45) is 2.59. The van der Waals surface area contributed by atoms with Gasteiger partial charge in [-0.15, -0.1) is 0 Å². The molecule has 1 unspecified atom stereocenters. The molecule has 1 aromatic rings. The lowest BCUT2D eigenvalue weighted by Gasteiger charge is -2.24. The van der Waals surface area contributed by atoms with Crippen molar-refractivity contribution >= 4 is 5.78 Å². The number of hydrogen-bond acceptors (Lipinski definition) is 3. The summed E-state index contributed by atoms with van der Waals surface area (Å²) >= 11 is 0. The molecule has 1 aromatic carbocycles. The number of nitriles is 1. The first kappa shape index (κ1) is 13.7. The average Bonchev–Trinajstić information content (AvgIpc) is 2.76. The highest BCUT2D eigenvalue weighted by atomic mass is 19.1. The van der Waals surface area contributed by atoms with Crippen LogP contribution in [0.2, 0.25) is 0 Å². The van der Waals surface area contributed by atoms with Gasteiger partial charge in [0.15, 0.2) is 0 Å². The molecule has 100 valence electrons. The molecule has 0 saturated carbocycles. The molecule has 1 fully saturated rings. The molecule has 1 heterocycles. The smallest absolute Gasteiger partial charge is 0.131 e. The van der Waals surface area contributed by atoms with E-state index in [-0.39, 0.29) is 17.6 Å². The minimum absolute atomic E-state index is 0.177. The Kier molecular flexibility index (Phi) is 4.28. The van der Waals surface area contributed by atoms with Crippen LogP contribution in [0.15, 0.2) is 18.2 Å². The van der Waals surface area contributed by atoms with Gasteiger partial charge in [-0.2, -0.15) is 5.26 Å². The number of carbonyl (C=O) groups excluding carboxylic acids is 1. The average molecular weight is 260 g/mol. The molecule has 0 amide bonds. The summed E-state index contributed by atoms with van der Waals surface area (Å²) in [5.41, 5.74) is 1.22. The number of ketones is 1. The van der Waals surface area contributed by atoms with E-state index in [0.29, 0.717) is 24.1 Å². The molecule has 4 heteroatoms. The molecule has 0 radical (unpaired) electrons. The number of Topliss-reactive ketones (excluding diaryl/α,β-unsaturated/α-hetero) is 1. The lowest BCUT2D eigenvalue weighted by molar-refractivity contribution is -0.118. The maximum atomic E-state index is 13.3. The predicted molar refractivity (Wildman–Crippen MR) is 69.8 cm³/mol. The van der Waals surface area contributed by atoms with Gasteiger partial charge in [-0.1, -0.05) is 0 Å². The van der Waals surface area contributed by atoms with E-state index in [1.807, 2.05) is 0 Å². The van der Waals surface area contributed by atoms with Crippen molar-refractivity contribution in [3.05, 3.63) is 35.1 Å². The van der Waals surface area contributed by atoms with E-state index in [2.05, 4.69) is 11.0 Å². The Morgan fingerprint density at radius 1 is 1.58 bits per heavy atom. The standard InChI is InChI=1S/C15H17FN2O/c1-11(19)7-15-3-2-6-18(15)10-13-8-14(16)5-4-12(13)9-17/h4-5,8,15H,2-3,6-7,10H2,1H3. The van der Waals surface area contributed by atoms with E-state index in [1.54, 1.807) is 6.92 Å². The normalized spacial score (nSPS) is 19.3. The zero-order valence-corrected chi connectivity index (χ0v) is 11.0. The Morgan fingerprint density at radius 2 is 2.37 bits per heavy atom. The van der Waals surface area contributed by atoms with Crippen LogP contribution < -0.4 is 0 Å². The molecule has 0 bridgehead atoms. The number of rotatable bonds is 4. The van der Waals surface area contributed by atoms with Gasteiger partial charge in [-0.25, -0.2) is 4.39 Å². The molecule has 19 heavy (non-hydrogen) atoms. The van der Waals surface area contributed by atoms with Crippen molar-refractivity contribution in [3.63, 3.8) is 0 Å². The summed E-state index contributed by atoms with van der Waals surface area (Å²) in [5.74, 6) is -0.145. The monoisotopic (exact) mass is 260 g/mol. The molecule has 1 aliphatic rings. The third kappa shape index (κ3) is 3.39. The van der Waals surface area contributed by atoms with Crippen molar-refractivity contribution < 1.29 is 9.18 Å². The van der Waals surface area contributed by atoms with Gasteiger partial charge >= 0.3 is 0 Å². The van der Waals surface area contributed by atoms with Crippen LogP contribution in [0.3, 0.4) is 0 Å². The Balaban J connectivity index is 2.14. The van der Waals surface area contributed by atoms with Gasteiger partial charge in [-0.05, 0) is 50.1 Å². The van der Waals surface area contributed by atoms with E-state index in [0.717, 1.165) is 19.4 Å². The minimum Gasteiger partial charge on any atom is -0.300 e. The Bertz CT molecular complexity index is 521. The summed E-state index contributed by atoms with van der Waals surface area (Å²) in [6.45, 7) is 3.04. The summed E-state index contributed by atoms with van der Waals surface area (Å²) in [5, 5.41) is 9.05. The molecule has 0 N–H and O–H groups in total. The maximum Gasteiger partial charge on any atom is 0.131 e. The molecular formula is C15H17FN2O.